The fourth-order valence-electron chi connectivity index (χ4n) is 10.6. The van der Waals surface area contributed by atoms with Gasteiger partial charge < -0.3 is 4.90 Å². The quantitative estimate of drug-likeness (QED) is 0.166. The first-order valence-corrected chi connectivity index (χ1v) is 19.4. The summed E-state index contributed by atoms with van der Waals surface area (Å²) in [6.45, 7) is 4.75. The van der Waals surface area contributed by atoms with Crippen molar-refractivity contribution < 1.29 is 0 Å². The lowest BCUT2D eigenvalue weighted by Crippen LogP contribution is -2.26. The molecule has 0 amide bonds. The molecule has 0 saturated carbocycles. The minimum Gasteiger partial charge on any atom is -0.310 e. The van der Waals surface area contributed by atoms with E-state index in [1.807, 2.05) is 0 Å². The van der Waals surface area contributed by atoms with Crippen LogP contribution in [0, 0.1) is 0 Å². The first-order chi connectivity index (χ1) is 27.0. The lowest BCUT2D eigenvalue weighted by Gasteiger charge is -2.32. The minimum atomic E-state index is -0.412. The van der Waals surface area contributed by atoms with Crippen molar-refractivity contribution in [2.45, 2.75) is 24.7 Å². The van der Waals surface area contributed by atoms with Crippen LogP contribution in [-0.4, -0.2) is 0 Å². The standard InChI is InChI=1S/C54H37N/c1-53(2)47-19-9-5-15-41(47)45-29-26-37(32-51(45)53)55(36-25-28-40-35(31-36)24-23-34-13-3-4-14-39(34)40)38-27-30-46-44-18-8-12-22-50(44)54(52(46)33-38)48-20-10-6-16-42(48)43-17-7-11-21-49(43)54/h3-33H,1-2H3. The summed E-state index contributed by atoms with van der Waals surface area (Å²) in [4.78, 5) is 2.50. The molecule has 1 nitrogen and oxygen atoms in total. The van der Waals surface area contributed by atoms with Gasteiger partial charge in [-0.05, 0) is 125 Å². The maximum atomic E-state index is 2.51. The van der Waals surface area contributed by atoms with Gasteiger partial charge in [0, 0.05) is 22.5 Å². The highest BCUT2D eigenvalue weighted by atomic mass is 15.1. The van der Waals surface area contributed by atoms with E-state index in [0.717, 1.165) is 17.1 Å². The number of fused-ring (bicyclic) bond motifs is 16. The number of anilines is 3. The lowest BCUT2D eigenvalue weighted by atomic mass is 9.70. The molecule has 0 saturated heterocycles. The van der Waals surface area contributed by atoms with Gasteiger partial charge in [-0.2, -0.15) is 0 Å². The van der Waals surface area contributed by atoms with Crippen molar-refractivity contribution >= 4 is 38.6 Å². The molecule has 0 fully saturated rings. The number of hydrogen-bond donors (Lipinski definition) is 0. The Morgan fingerprint density at radius 1 is 0.309 bits per heavy atom. The van der Waals surface area contributed by atoms with E-state index in [0.29, 0.717) is 0 Å². The van der Waals surface area contributed by atoms with Gasteiger partial charge in [-0.25, -0.2) is 0 Å². The van der Waals surface area contributed by atoms with Crippen LogP contribution in [-0.2, 0) is 10.8 Å². The summed E-state index contributed by atoms with van der Waals surface area (Å²) in [6.07, 6.45) is 0. The number of rotatable bonds is 3. The Morgan fingerprint density at radius 3 is 1.36 bits per heavy atom. The first-order valence-electron chi connectivity index (χ1n) is 19.4. The van der Waals surface area contributed by atoms with Crippen LogP contribution >= 0.6 is 0 Å². The van der Waals surface area contributed by atoms with E-state index in [2.05, 4.69) is 207 Å². The second-order valence-electron chi connectivity index (χ2n) is 16.0. The molecule has 1 spiro atoms. The third kappa shape index (κ3) is 3.97. The Kier molecular flexibility index (Phi) is 6.11. The molecule has 9 aromatic carbocycles. The van der Waals surface area contributed by atoms with E-state index < -0.39 is 5.41 Å². The van der Waals surface area contributed by atoms with E-state index in [9.17, 15) is 0 Å². The SMILES string of the molecule is CC1(C)c2ccccc2-c2ccc(N(c3ccc4c(c3)C3(c5ccccc5-c5ccccc53)c3ccccc3-4)c3ccc4c(ccc5ccccc54)c3)cc21. The minimum absolute atomic E-state index is 0.114. The number of benzene rings is 9. The molecule has 0 heterocycles. The van der Waals surface area contributed by atoms with Crippen LogP contribution in [0.2, 0.25) is 0 Å². The highest BCUT2D eigenvalue weighted by Gasteiger charge is 2.51. The summed E-state index contributed by atoms with van der Waals surface area (Å²) in [5.74, 6) is 0. The van der Waals surface area contributed by atoms with Crippen molar-refractivity contribution in [3.63, 3.8) is 0 Å². The van der Waals surface area contributed by atoms with Gasteiger partial charge >= 0.3 is 0 Å². The van der Waals surface area contributed by atoms with Gasteiger partial charge in [-0.1, -0.05) is 166 Å². The van der Waals surface area contributed by atoms with Gasteiger partial charge in [0.2, 0.25) is 0 Å². The van der Waals surface area contributed by atoms with Gasteiger partial charge in [-0.15, -0.1) is 0 Å². The van der Waals surface area contributed by atoms with Crippen LogP contribution in [0.1, 0.15) is 47.2 Å². The second kappa shape index (κ2) is 10.9. The van der Waals surface area contributed by atoms with Crippen molar-refractivity contribution in [1.82, 2.24) is 0 Å². The topological polar surface area (TPSA) is 3.24 Å². The molecule has 258 valence electrons. The first kappa shape index (κ1) is 30.7. The summed E-state index contributed by atoms with van der Waals surface area (Å²) >= 11 is 0. The van der Waals surface area contributed by atoms with E-state index >= 15 is 0 Å². The zero-order valence-electron chi connectivity index (χ0n) is 30.8. The maximum Gasteiger partial charge on any atom is 0.0726 e. The molecule has 3 aliphatic rings. The molecule has 0 aromatic heterocycles. The summed E-state index contributed by atoms with van der Waals surface area (Å²) < 4.78 is 0. The molecule has 12 rings (SSSR count). The number of nitrogens with zero attached hydrogens (tertiary/aromatic N) is 1. The van der Waals surface area contributed by atoms with Gasteiger partial charge in [-0.3, -0.25) is 0 Å². The van der Waals surface area contributed by atoms with Crippen molar-refractivity contribution in [1.29, 1.82) is 0 Å². The van der Waals surface area contributed by atoms with Gasteiger partial charge in [0.25, 0.3) is 0 Å². The summed E-state index contributed by atoms with van der Waals surface area (Å²) in [5.41, 5.74) is 19.1. The van der Waals surface area contributed by atoms with E-state index in [1.54, 1.807) is 0 Å². The molecule has 0 atom stereocenters. The van der Waals surface area contributed by atoms with Crippen LogP contribution in [0.3, 0.4) is 0 Å². The normalized spacial score (nSPS) is 14.7. The molecular weight excluding hydrogens is 663 g/mol. The van der Waals surface area contributed by atoms with Crippen molar-refractivity contribution in [2.24, 2.45) is 0 Å². The molecule has 0 N–H and O–H groups in total. The summed E-state index contributed by atoms with van der Waals surface area (Å²) in [7, 11) is 0. The third-order valence-electron chi connectivity index (χ3n) is 13.1. The van der Waals surface area contributed by atoms with Gasteiger partial charge in [0.05, 0.1) is 5.41 Å². The smallest absolute Gasteiger partial charge is 0.0726 e. The van der Waals surface area contributed by atoms with Gasteiger partial charge in [0.15, 0.2) is 0 Å². The Morgan fingerprint density at radius 2 is 0.727 bits per heavy atom. The highest BCUT2D eigenvalue weighted by molar-refractivity contribution is 6.09. The average molecular weight is 700 g/mol. The van der Waals surface area contributed by atoms with E-state index in [-0.39, 0.29) is 5.41 Å². The van der Waals surface area contributed by atoms with Crippen LogP contribution < -0.4 is 4.90 Å². The van der Waals surface area contributed by atoms with Crippen molar-refractivity contribution in [3.8, 4) is 33.4 Å². The molecule has 55 heavy (non-hydrogen) atoms. The maximum absolute atomic E-state index is 2.51. The van der Waals surface area contributed by atoms with Crippen LogP contribution in [0.5, 0.6) is 0 Å². The van der Waals surface area contributed by atoms with E-state index in [1.165, 1.54) is 88.3 Å². The highest BCUT2D eigenvalue weighted by Crippen LogP contribution is 2.63. The summed E-state index contributed by atoms with van der Waals surface area (Å²) in [5, 5.41) is 5.06. The molecule has 0 unspecified atom stereocenters. The van der Waals surface area contributed by atoms with Crippen molar-refractivity contribution in [3.05, 3.63) is 221 Å². The van der Waals surface area contributed by atoms with Crippen LogP contribution in [0.4, 0.5) is 17.1 Å². The van der Waals surface area contributed by atoms with Gasteiger partial charge in [0.1, 0.15) is 0 Å². The fourth-order valence-corrected chi connectivity index (χ4v) is 10.6. The molecule has 9 aromatic rings. The zero-order valence-corrected chi connectivity index (χ0v) is 30.8. The predicted octanol–water partition coefficient (Wildman–Crippen LogP) is 14.1. The Labute approximate surface area is 321 Å². The molecule has 0 bridgehead atoms. The Hall–Kier alpha value is -6.70. The van der Waals surface area contributed by atoms with Crippen molar-refractivity contribution in [2.75, 3.05) is 4.90 Å². The van der Waals surface area contributed by atoms with Crippen LogP contribution in [0.15, 0.2) is 188 Å². The predicted molar refractivity (Wildman–Crippen MR) is 230 cm³/mol. The third-order valence-corrected chi connectivity index (χ3v) is 13.1. The van der Waals surface area contributed by atoms with E-state index in [4.69, 9.17) is 0 Å². The molecule has 0 radical (unpaired) electrons. The number of hydrogen-bond acceptors (Lipinski definition) is 1. The fraction of sp³-hybridized carbons (Fsp3) is 0.0741. The monoisotopic (exact) mass is 699 g/mol. The average Bonchev–Trinajstić information content (AvgIpc) is 3.79. The van der Waals surface area contributed by atoms with Crippen LogP contribution in [0.25, 0.3) is 54.9 Å². The largest absolute Gasteiger partial charge is 0.310 e. The Bertz CT molecular complexity index is 3030. The Balaban J connectivity index is 1.13. The lowest BCUT2D eigenvalue weighted by molar-refractivity contribution is 0.660. The molecule has 0 aliphatic heterocycles. The second-order valence-corrected chi connectivity index (χ2v) is 16.0. The molecule has 1 heteroatoms. The summed E-state index contributed by atoms with van der Waals surface area (Å²) in [6, 6.07) is 70.8. The molecular formula is C54H37N. The molecule has 3 aliphatic carbocycles. The zero-order chi connectivity index (χ0) is 36.5.